The number of nitrogen functional groups attached to an aromatic ring is 1. The molecule has 0 aliphatic heterocycles. The molecule has 0 saturated carbocycles. The highest BCUT2D eigenvalue weighted by Gasteiger charge is 2.01. The fourth-order valence-electron chi connectivity index (χ4n) is 1.96. The third-order valence-corrected chi connectivity index (χ3v) is 2.68. The Morgan fingerprint density at radius 3 is 2.22 bits per heavy atom. The standard InChI is InChI=1S/C15H15N3/c1-10-5-11(2)7-14(6-10)18-13-4-3-12(9-16)15(17)8-13/h3-8,18H,17H2,1-2H3. The molecule has 18 heavy (non-hydrogen) atoms. The summed E-state index contributed by atoms with van der Waals surface area (Å²) in [5.74, 6) is 0. The third-order valence-electron chi connectivity index (χ3n) is 2.68. The molecule has 0 radical (unpaired) electrons. The first-order valence-electron chi connectivity index (χ1n) is 5.73. The average Bonchev–Trinajstić information content (AvgIpc) is 2.27. The van der Waals surface area contributed by atoms with Crippen LogP contribution < -0.4 is 11.1 Å². The molecule has 0 aliphatic rings. The van der Waals surface area contributed by atoms with Gasteiger partial charge in [-0.1, -0.05) is 6.07 Å². The fourth-order valence-corrected chi connectivity index (χ4v) is 1.96. The Bertz CT molecular complexity index is 604. The first kappa shape index (κ1) is 12.0. The number of aryl methyl sites for hydroxylation is 2. The minimum absolute atomic E-state index is 0.492. The molecule has 2 rings (SSSR count). The van der Waals surface area contributed by atoms with E-state index in [1.165, 1.54) is 11.1 Å². The molecule has 0 atom stereocenters. The van der Waals surface area contributed by atoms with Crippen LogP contribution in [0, 0.1) is 25.2 Å². The lowest BCUT2D eigenvalue weighted by molar-refractivity contribution is 1.37. The van der Waals surface area contributed by atoms with Crippen molar-refractivity contribution in [2.45, 2.75) is 13.8 Å². The molecule has 0 bridgehead atoms. The van der Waals surface area contributed by atoms with Gasteiger partial charge in [0.15, 0.2) is 0 Å². The first-order chi connectivity index (χ1) is 8.58. The number of hydrogen-bond acceptors (Lipinski definition) is 3. The smallest absolute Gasteiger partial charge is 0.101 e. The maximum absolute atomic E-state index is 8.82. The fraction of sp³-hybridized carbons (Fsp3) is 0.133. The van der Waals surface area contributed by atoms with Crippen LogP contribution in [0.1, 0.15) is 16.7 Å². The Balaban J connectivity index is 2.29. The second kappa shape index (κ2) is 4.80. The van der Waals surface area contributed by atoms with E-state index in [4.69, 9.17) is 11.0 Å². The number of benzene rings is 2. The average molecular weight is 237 g/mol. The summed E-state index contributed by atoms with van der Waals surface area (Å²) in [6.45, 7) is 4.12. The first-order valence-corrected chi connectivity index (χ1v) is 5.73. The van der Waals surface area contributed by atoms with Crippen LogP contribution in [0.15, 0.2) is 36.4 Å². The highest BCUT2D eigenvalue weighted by atomic mass is 14.9. The van der Waals surface area contributed by atoms with Crippen molar-refractivity contribution in [2.24, 2.45) is 0 Å². The summed E-state index contributed by atoms with van der Waals surface area (Å²) in [6.07, 6.45) is 0. The van der Waals surface area contributed by atoms with E-state index in [0.717, 1.165) is 11.4 Å². The van der Waals surface area contributed by atoms with Crippen LogP contribution >= 0.6 is 0 Å². The molecule has 90 valence electrons. The van der Waals surface area contributed by atoms with Crippen molar-refractivity contribution in [3.8, 4) is 6.07 Å². The van der Waals surface area contributed by atoms with Crippen LogP contribution in [0.4, 0.5) is 17.1 Å². The highest BCUT2D eigenvalue weighted by Crippen LogP contribution is 2.22. The monoisotopic (exact) mass is 237 g/mol. The van der Waals surface area contributed by atoms with E-state index in [1.54, 1.807) is 12.1 Å². The van der Waals surface area contributed by atoms with Crippen molar-refractivity contribution in [2.75, 3.05) is 11.1 Å². The van der Waals surface area contributed by atoms with Gasteiger partial charge in [0.05, 0.1) is 11.3 Å². The largest absolute Gasteiger partial charge is 0.398 e. The van der Waals surface area contributed by atoms with Crippen LogP contribution in [0.3, 0.4) is 0 Å². The van der Waals surface area contributed by atoms with Gasteiger partial charge in [-0.15, -0.1) is 0 Å². The molecular weight excluding hydrogens is 222 g/mol. The van der Waals surface area contributed by atoms with Gasteiger partial charge in [0.1, 0.15) is 6.07 Å². The van der Waals surface area contributed by atoms with Gasteiger partial charge in [-0.3, -0.25) is 0 Å². The molecule has 2 aromatic carbocycles. The van der Waals surface area contributed by atoms with Crippen molar-refractivity contribution >= 4 is 17.1 Å². The minimum atomic E-state index is 0.492. The van der Waals surface area contributed by atoms with E-state index in [9.17, 15) is 0 Å². The normalized spacial score (nSPS) is 9.83. The molecule has 0 fully saturated rings. The van der Waals surface area contributed by atoms with Crippen LogP contribution in [0.5, 0.6) is 0 Å². The van der Waals surface area contributed by atoms with Gasteiger partial charge < -0.3 is 11.1 Å². The molecule has 2 aromatic rings. The summed E-state index contributed by atoms with van der Waals surface area (Å²) in [4.78, 5) is 0. The van der Waals surface area contributed by atoms with E-state index in [2.05, 4.69) is 43.4 Å². The van der Waals surface area contributed by atoms with Crippen LogP contribution in [0.2, 0.25) is 0 Å². The second-order valence-corrected chi connectivity index (χ2v) is 4.42. The Kier molecular flexibility index (Phi) is 3.20. The van der Waals surface area contributed by atoms with E-state index in [1.807, 2.05) is 6.07 Å². The molecular formula is C15H15N3. The number of anilines is 3. The number of rotatable bonds is 2. The molecule has 0 aromatic heterocycles. The molecule has 0 unspecified atom stereocenters. The van der Waals surface area contributed by atoms with E-state index in [0.29, 0.717) is 11.3 Å². The summed E-state index contributed by atoms with van der Waals surface area (Å²) in [7, 11) is 0. The van der Waals surface area contributed by atoms with Crippen LogP contribution in [-0.2, 0) is 0 Å². The highest BCUT2D eigenvalue weighted by molar-refractivity contribution is 5.68. The zero-order valence-corrected chi connectivity index (χ0v) is 10.5. The van der Waals surface area contributed by atoms with E-state index >= 15 is 0 Å². The topological polar surface area (TPSA) is 61.8 Å². The van der Waals surface area contributed by atoms with Crippen molar-refractivity contribution < 1.29 is 0 Å². The van der Waals surface area contributed by atoms with Gasteiger partial charge in [0.2, 0.25) is 0 Å². The Labute approximate surface area is 107 Å². The summed E-state index contributed by atoms with van der Waals surface area (Å²) in [6, 6.07) is 13.7. The van der Waals surface area contributed by atoms with Crippen molar-refractivity contribution in [1.82, 2.24) is 0 Å². The van der Waals surface area contributed by atoms with Crippen molar-refractivity contribution in [1.29, 1.82) is 5.26 Å². The second-order valence-electron chi connectivity index (χ2n) is 4.42. The molecule has 0 amide bonds. The lowest BCUT2D eigenvalue weighted by Gasteiger charge is -2.09. The van der Waals surface area contributed by atoms with Crippen LogP contribution in [0.25, 0.3) is 0 Å². The molecule has 0 saturated heterocycles. The number of nitrogens with two attached hydrogens (primary N) is 1. The number of nitriles is 1. The third kappa shape index (κ3) is 2.61. The van der Waals surface area contributed by atoms with Gasteiger partial charge in [-0.05, 0) is 55.3 Å². The maximum atomic E-state index is 8.82. The van der Waals surface area contributed by atoms with Gasteiger partial charge >= 0.3 is 0 Å². The van der Waals surface area contributed by atoms with Crippen molar-refractivity contribution in [3.63, 3.8) is 0 Å². The number of nitrogens with one attached hydrogen (secondary N) is 1. The number of nitrogens with zero attached hydrogens (tertiary/aromatic N) is 1. The molecule has 3 nitrogen and oxygen atoms in total. The van der Waals surface area contributed by atoms with Crippen LogP contribution in [-0.4, -0.2) is 0 Å². The SMILES string of the molecule is Cc1cc(C)cc(Nc2ccc(C#N)c(N)c2)c1. The summed E-state index contributed by atoms with van der Waals surface area (Å²) in [5.41, 5.74) is 11.1. The van der Waals surface area contributed by atoms with E-state index < -0.39 is 0 Å². The quantitative estimate of drug-likeness (QED) is 0.786. The predicted octanol–water partition coefficient (Wildman–Crippen LogP) is 3.50. The minimum Gasteiger partial charge on any atom is -0.398 e. The summed E-state index contributed by atoms with van der Waals surface area (Å²) < 4.78 is 0. The van der Waals surface area contributed by atoms with Gasteiger partial charge in [-0.25, -0.2) is 0 Å². The number of hydrogen-bond donors (Lipinski definition) is 2. The maximum Gasteiger partial charge on any atom is 0.101 e. The predicted molar refractivity (Wildman–Crippen MR) is 74.8 cm³/mol. The van der Waals surface area contributed by atoms with E-state index in [-0.39, 0.29) is 0 Å². The zero-order chi connectivity index (χ0) is 13.1. The molecule has 0 heterocycles. The van der Waals surface area contributed by atoms with Gasteiger partial charge in [0.25, 0.3) is 0 Å². The molecule has 0 spiro atoms. The Morgan fingerprint density at radius 2 is 1.67 bits per heavy atom. The summed E-state index contributed by atoms with van der Waals surface area (Å²) in [5, 5.41) is 12.1. The molecule has 3 N–H and O–H groups in total. The Hall–Kier alpha value is -2.47. The van der Waals surface area contributed by atoms with Gasteiger partial charge in [-0.2, -0.15) is 5.26 Å². The zero-order valence-electron chi connectivity index (χ0n) is 10.5. The molecule has 3 heteroatoms. The van der Waals surface area contributed by atoms with Crippen molar-refractivity contribution in [3.05, 3.63) is 53.1 Å². The van der Waals surface area contributed by atoms with Gasteiger partial charge in [0, 0.05) is 11.4 Å². The lowest BCUT2D eigenvalue weighted by Crippen LogP contribution is -1.95. The molecule has 0 aliphatic carbocycles. The Morgan fingerprint density at radius 1 is 1.00 bits per heavy atom. The lowest BCUT2D eigenvalue weighted by atomic mass is 10.1. The summed E-state index contributed by atoms with van der Waals surface area (Å²) >= 11 is 0.